The van der Waals surface area contributed by atoms with Gasteiger partial charge in [-0.05, 0) is 17.4 Å². The lowest BCUT2D eigenvalue weighted by molar-refractivity contribution is -0.133. The number of methoxy groups -OCH3 is 2. The smallest absolute Gasteiger partial charge is 0.315 e. The Bertz CT molecular complexity index is 1040. The Hall–Kier alpha value is -2.92. The molecular weight excluding hydrogens is 404 g/mol. The summed E-state index contributed by atoms with van der Waals surface area (Å²) < 4.78 is 22.5. The van der Waals surface area contributed by atoms with Gasteiger partial charge < -0.3 is 18.9 Å². The molecule has 0 spiro atoms. The van der Waals surface area contributed by atoms with Crippen LogP contribution in [0.4, 0.5) is 0 Å². The summed E-state index contributed by atoms with van der Waals surface area (Å²) in [7, 11) is 3.02. The van der Waals surface area contributed by atoms with E-state index in [1.54, 1.807) is 12.1 Å². The molecule has 0 unspecified atom stereocenters. The molecule has 158 valence electrons. The van der Waals surface area contributed by atoms with E-state index < -0.39 is 5.97 Å². The van der Waals surface area contributed by atoms with Crippen LogP contribution in [0.2, 0.25) is 5.02 Å². The molecule has 0 aliphatic rings. The monoisotopic (exact) mass is 428 g/mol. The molecule has 3 aromatic carbocycles. The fourth-order valence-corrected chi connectivity index (χ4v) is 3.40. The zero-order chi connectivity index (χ0) is 21.7. The van der Waals surface area contributed by atoms with Crippen LogP contribution in [-0.2, 0) is 11.2 Å². The van der Waals surface area contributed by atoms with E-state index >= 15 is 0 Å². The van der Waals surface area contributed by atoms with Crippen molar-refractivity contribution in [2.75, 3.05) is 20.8 Å². The second-order valence-electron chi connectivity index (χ2n) is 7.23. The van der Waals surface area contributed by atoms with Gasteiger partial charge in [0.1, 0.15) is 5.75 Å². The first-order valence-corrected chi connectivity index (χ1v) is 10.1. The summed E-state index contributed by atoms with van der Waals surface area (Å²) in [4.78, 5) is 12.7. The lowest BCUT2D eigenvalue weighted by Crippen LogP contribution is -2.13. The minimum atomic E-state index is -0.454. The molecule has 0 bridgehead atoms. The summed E-state index contributed by atoms with van der Waals surface area (Å²) >= 11 is 6.48. The Labute approximate surface area is 181 Å². The first kappa shape index (κ1) is 21.8. The highest BCUT2D eigenvalue weighted by atomic mass is 35.5. The number of rotatable bonds is 8. The lowest BCUT2D eigenvalue weighted by Gasteiger charge is -2.19. The van der Waals surface area contributed by atoms with Gasteiger partial charge in [0.25, 0.3) is 0 Å². The molecule has 3 aromatic rings. The largest absolute Gasteiger partial charge is 0.492 e. The van der Waals surface area contributed by atoms with E-state index in [1.165, 1.54) is 14.2 Å². The predicted molar refractivity (Wildman–Crippen MR) is 118 cm³/mol. The first-order valence-electron chi connectivity index (χ1n) is 9.69. The number of hydrogen-bond donors (Lipinski definition) is 0. The van der Waals surface area contributed by atoms with E-state index in [9.17, 15) is 4.79 Å². The van der Waals surface area contributed by atoms with Gasteiger partial charge in [-0.1, -0.05) is 61.8 Å². The normalized spacial score (nSPS) is 10.9. The topological polar surface area (TPSA) is 54.0 Å². The molecule has 0 heterocycles. The van der Waals surface area contributed by atoms with Crippen molar-refractivity contribution in [1.82, 2.24) is 0 Å². The third-order valence-electron chi connectivity index (χ3n) is 4.53. The van der Waals surface area contributed by atoms with Gasteiger partial charge in [0.05, 0.1) is 32.3 Å². The van der Waals surface area contributed by atoms with Crippen molar-refractivity contribution in [2.24, 2.45) is 5.92 Å². The van der Waals surface area contributed by atoms with Crippen molar-refractivity contribution in [3.05, 3.63) is 59.1 Å². The van der Waals surface area contributed by atoms with Crippen LogP contribution in [0.1, 0.15) is 19.4 Å². The molecule has 0 aromatic heterocycles. The number of carbonyl (C=O) groups is 1. The van der Waals surface area contributed by atoms with Gasteiger partial charge in [0.2, 0.25) is 5.75 Å². The SMILES string of the molecule is COc1c(OCC(C)C)cc(Cl)c(CC(=O)Oc2cccc3ccccc23)c1OC. The first-order chi connectivity index (χ1) is 14.4. The molecule has 0 aliphatic carbocycles. The Balaban J connectivity index is 1.88. The zero-order valence-corrected chi connectivity index (χ0v) is 18.3. The Morgan fingerprint density at radius 2 is 1.67 bits per heavy atom. The third-order valence-corrected chi connectivity index (χ3v) is 4.86. The Kier molecular flexibility index (Phi) is 7.06. The highest BCUT2D eigenvalue weighted by molar-refractivity contribution is 6.32. The van der Waals surface area contributed by atoms with E-state index in [1.807, 2.05) is 50.2 Å². The molecule has 0 atom stereocenters. The minimum Gasteiger partial charge on any atom is -0.492 e. The van der Waals surface area contributed by atoms with Crippen molar-refractivity contribution in [3.8, 4) is 23.0 Å². The maximum Gasteiger partial charge on any atom is 0.315 e. The highest BCUT2D eigenvalue weighted by Gasteiger charge is 2.23. The number of fused-ring (bicyclic) bond motifs is 1. The fourth-order valence-electron chi connectivity index (χ4n) is 3.15. The fraction of sp³-hybridized carbons (Fsp3) is 0.292. The molecule has 30 heavy (non-hydrogen) atoms. The second-order valence-corrected chi connectivity index (χ2v) is 7.64. The van der Waals surface area contributed by atoms with Gasteiger partial charge in [-0.15, -0.1) is 0 Å². The highest BCUT2D eigenvalue weighted by Crippen LogP contribution is 2.44. The van der Waals surface area contributed by atoms with Crippen LogP contribution in [0.3, 0.4) is 0 Å². The van der Waals surface area contributed by atoms with Crippen LogP contribution in [0.5, 0.6) is 23.0 Å². The molecule has 0 saturated carbocycles. The molecule has 0 radical (unpaired) electrons. The Morgan fingerprint density at radius 3 is 2.37 bits per heavy atom. The maximum absolute atomic E-state index is 12.7. The van der Waals surface area contributed by atoms with Crippen molar-refractivity contribution in [1.29, 1.82) is 0 Å². The molecule has 0 fully saturated rings. The number of ether oxygens (including phenoxy) is 4. The lowest BCUT2D eigenvalue weighted by atomic mass is 10.1. The molecule has 5 nitrogen and oxygen atoms in total. The quantitative estimate of drug-likeness (QED) is 0.340. The zero-order valence-electron chi connectivity index (χ0n) is 17.5. The number of hydrogen-bond acceptors (Lipinski definition) is 5. The minimum absolute atomic E-state index is 0.0773. The molecular formula is C24H25ClO5. The maximum atomic E-state index is 12.7. The van der Waals surface area contributed by atoms with E-state index in [-0.39, 0.29) is 6.42 Å². The van der Waals surface area contributed by atoms with Gasteiger partial charge in [0.15, 0.2) is 11.5 Å². The summed E-state index contributed by atoms with van der Waals surface area (Å²) in [5.41, 5.74) is 0.484. The molecule has 0 N–H and O–H groups in total. The summed E-state index contributed by atoms with van der Waals surface area (Å²) in [5.74, 6) is 1.60. The number of esters is 1. The van der Waals surface area contributed by atoms with Crippen molar-refractivity contribution in [2.45, 2.75) is 20.3 Å². The standard InChI is InChI=1S/C24H25ClO5/c1-15(2)14-29-21-13-19(25)18(23(27-3)24(21)28-4)12-22(26)30-20-11-7-9-16-8-5-6-10-17(16)20/h5-11,13,15H,12,14H2,1-4H3. The van der Waals surface area contributed by atoms with E-state index in [0.29, 0.717) is 46.1 Å². The molecule has 3 rings (SSSR count). The Morgan fingerprint density at radius 1 is 0.967 bits per heavy atom. The summed E-state index contributed by atoms with van der Waals surface area (Å²) in [6.45, 7) is 4.59. The van der Waals surface area contributed by atoms with Gasteiger partial charge >= 0.3 is 5.97 Å². The van der Waals surface area contributed by atoms with Gasteiger partial charge in [-0.2, -0.15) is 0 Å². The third kappa shape index (κ3) is 4.79. The van der Waals surface area contributed by atoms with Gasteiger partial charge in [-0.3, -0.25) is 4.79 Å². The summed E-state index contributed by atoms with van der Waals surface area (Å²) in [6, 6.07) is 14.9. The van der Waals surface area contributed by atoms with Crippen LogP contribution >= 0.6 is 11.6 Å². The molecule has 0 aliphatic heterocycles. The van der Waals surface area contributed by atoms with E-state index in [4.69, 9.17) is 30.5 Å². The van der Waals surface area contributed by atoms with Crippen LogP contribution in [0.25, 0.3) is 10.8 Å². The van der Waals surface area contributed by atoms with Crippen LogP contribution in [0, 0.1) is 5.92 Å². The van der Waals surface area contributed by atoms with Crippen LogP contribution < -0.4 is 18.9 Å². The number of halogens is 1. The number of carbonyl (C=O) groups excluding carboxylic acids is 1. The predicted octanol–water partition coefficient (Wildman–Crippen LogP) is 5.69. The van der Waals surface area contributed by atoms with Crippen molar-refractivity contribution >= 4 is 28.3 Å². The van der Waals surface area contributed by atoms with Crippen LogP contribution in [0.15, 0.2) is 48.5 Å². The van der Waals surface area contributed by atoms with Gasteiger partial charge in [0, 0.05) is 17.0 Å². The number of benzene rings is 3. The van der Waals surface area contributed by atoms with Crippen molar-refractivity contribution in [3.63, 3.8) is 0 Å². The second kappa shape index (κ2) is 9.72. The summed E-state index contributed by atoms with van der Waals surface area (Å²) in [6.07, 6.45) is -0.0773. The molecule has 6 heteroatoms. The van der Waals surface area contributed by atoms with Crippen LogP contribution in [-0.4, -0.2) is 26.8 Å². The van der Waals surface area contributed by atoms with Crippen molar-refractivity contribution < 1.29 is 23.7 Å². The summed E-state index contributed by atoms with van der Waals surface area (Å²) in [5, 5.41) is 2.20. The average Bonchev–Trinajstić information content (AvgIpc) is 2.73. The van der Waals surface area contributed by atoms with E-state index in [0.717, 1.165) is 10.8 Å². The molecule has 0 amide bonds. The van der Waals surface area contributed by atoms with E-state index in [2.05, 4.69) is 0 Å². The average molecular weight is 429 g/mol. The molecule has 0 saturated heterocycles. The van der Waals surface area contributed by atoms with Gasteiger partial charge in [-0.25, -0.2) is 0 Å².